The van der Waals surface area contributed by atoms with Gasteiger partial charge in [0.15, 0.2) is 0 Å². The van der Waals surface area contributed by atoms with Crippen LogP contribution in [0.5, 0.6) is 0 Å². The second-order valence-corrected chi connectivity index (χ2v) is 4.36. The molecule has 3 nitrogen and oxygen atoms in total. The van der Waals surface area contributed by atoms with Gasteiger partial charge in [-0.05, 0) is 38.5 Å². The zero-order valence-electron chi connectivity index (χ0n) is 11.2. The average molecular weight is 237 g/mol. The minimum absolute atomic E-state index is 0.349. The van der Waals surface area contributed by atoms with Crippen LogP contribution in [0.15, 0.2) is 24.3 Å². The van der Waals surface area contributed by atoms with E-state index >= 15 is 0 Å². The van der Waals surface area contributed by atoms with Crippen LogP contribution in [0.3, 0.4) is 0 Å². The van der Waals surface area contributed by atoms with E-state index in [0.29, 0.717) is 12.6 Å². The molecule has 0 aromatic heterocycles. The Morgan fingerprint density at radius 2 is 1.82 bits per heavy atom. The normalized spacial score (nSPS) is 14.4. The van der Waals surface area contributed by atoms with E-state index in [1.807, 2.05) is 12.1 Å². The van der Waals surface area contributed by atoms with Gasteiger partial charge in [0.05, 0.1) is 12.7 Å². The molecule has 0 aliphatic carbocycles. The van der Waals surface area contributed by atoms with Gasteiger partial charge < -0.3 is 14.7 Å². The van der Waals surface area contributed by atoms with Gasteiger partial charge in [0.25, 0.3) is 0 Å². The van der Waals surface area contributed by atoms with Gasteiger partial charge in [-0.3, -0.25) is 0 Å². The number of likely N-dealkylation sites (N-methyl/N-ethyl adjacent to an activating group) is 1. The number of ether oxygens (including phenoxy) is 1. The highest BCUT2D eigenvalue weighted by Crippen LogP contribution is 2.20. The van der Waals surface area contributed by atoms with Gasteiger partial charge in [-0.1, -0.05) is 12.1 Å². The molecular weight excluding hydrogens is 214 g/mol. The predicted molar refractivity (Wildman–Crippen MR) is 71.4 cm³/mol. The summed E-state index contributed by atoms with van der Waals surface area (Å²) >= 11 is 0. The second-order valence-electron chi connectivity index (χ2n) is 4.36. The van der Waals surface area contributed by atoms with Crippen LogP contribution in [0.4, 0.5) is 5.69 Å². The van der Waals surface area contributed by atoms with Crippen molar-refractivity contribution in [3.8, 4) is 0 Å². The number of nitrogens with zero attached hydrogens (tertiary/aromatic N) is 1. The van der Waals surface area contributed by atoms with Gasteiger partial charge in [-0.15, -0.1) is 0 Å². The van der Waals surface area contributed by atoms with Gasteiger partial charge in [0.1, 0.15) is 0 Å². The molecule has 96 valence electrons. The van der Waals surface area contributed by atoms with E-state index in [-0.39, 0.29) is 0 Å². The first-order chi connectivity index (χ1) is 8.10. The number of aliphatic hydroxyl groups excluding tert-OH is 1. The fourth-order valence-electron chi connectivity index (χ4n) is 2.02. The van der Waals surface area contributed by atoms with Crippen LogP contribution in [-0.2, 0) is 4.74 Å². The quantitative estimate of drug-likeness (QED) is 0.825. The third-order valence-corrected chi connectivity index (χ3v) is 2.99. The lowest BCUT2D eigenvalue weighted by atomic mass is 10.1. The molecule has 1 aromatic carbocycles. The maximum Gasteiger partial charge on any atom is 0.0761 e. The third kappa shape index (κ3) is 3.72. The monoisotopic (exact) mass is 237 g/mol. The lowest BCUT2D eigenvalue weighted by molar-refractivity contribution is 0.182. The van der Waals surface area contributed by atoms with Crippen molar-refractivity contribution >= 4 is 5.69 Å². The zero-order chi connectivity index (χ0) is 12.8. The first-order valence-electron chi connectivity index (χ1n) is 6.13. The molecule has 17 heavy (non-hydrogen) atoms. The van der Waals surface area contributed by atoms with Crippen LogP contribution in [0.25, 0.3) is 0 Å². The van der Waals surface area contributed by atoms with Crippen molar-refractivity contribution in [3.05, 3.63) is 29.8 Å². The van der Waals surface area contributed by atoms with Crippen molar-refractivity contribution < 1.29 is 9.84 Å². The summed E-state index contributed by atoms with van der Waals surface area (Å²) in [5.74, 6) is 0. The predicted octanol–water partition coefficient (Wildman–Crippen LogP) is 2.60. The Hall–Kier alpha value is -1.06. The summed E-state index contributed by atoms with van der Waals surface area (Å²) in [4.78, 5) is 2.29. The molecule has 2 atom stereocenters. The first-order valence-corrected chi connectivity index (χ1v) is 6.13. The third-order valence-electron chi connectivity index (χ3n) is 2.99. The Labute approximate surface area is 104 Å². The van der Waals surface area contributed by atoms with Gasteiger partial charge in [0, 0.05) is 25.4 Å². The minimum atomic E-state index is -0.407. The Balaban J connectivity index is 2.82. The lowest BCUT2D eigenvalue weighted by Crippen LogP contribution is -2.36. The molecule has 0 saturated carbocycles. The van der Waals surface area contributed by atoms with Gasteiger partial charge >= 0.3 is 0 Å². The van der Waals surface area contributed by atoms with Crippen LogP contribution < -0.4 is 4.90 Å². The van der Waals surface area contributed by atoms with Crippen LogP contribution in [0, 0.1) is 0 Å². The summed E-state index contributed by atoms with van der Waals surface area (Å²) in [6.45, 7) is 7.72. The SMILES string of the molecule is CCN(c1ccc(C(C)O)cc1)C(C)COC. The van der Waals surface area contributed by atoms with Crippen molar-refractivity contribution in [1.29, 1.82) is 0 Å². The van der Waals surface area contributed by atoms with E-state index in [0.717, 1.165) is 12.1 Å². The Morgan fingerprint density at radius 3 is 2.24 bits per heavy atom. The summed E-state index contributed by atoms with van der Waals surface area (Å²) < 4.78 is 5.19. The van der Waals surface area contributed by atoms with Crippen LogP contribution in [-0.4, -0.2) is 31.4 Å². The average Bonchev–Trinajstić information content (AvgIpc) is 2.31. The fourth-order valence-corrected chi connectivity index (χ4v) is 2.02. The van der Waals surface area contributed by atoms with Crippen molar-refractivity contribution in [2.45, 2.75) is 32.9 Å². The maximum atomic E-state index is 9.47. The molecule has 3 heteroatoms. The Morgan fingerprint density at radius 1 is 1.24 bits per heavy atom. The number of aliphatic hydroxyl groups is 1. The summed E-state index contributed by atoms with van der Waals surface area (Å²) in [6, 6.07) is 8.40. The van der Waals surface area contributed by atoms with Gasteiger partial charge in [0.2, 0.25) is 0 Å². The standard InChI is InChI=1S/C14H23NO2/c1-5-15(11(2)10-17-4)14-8-6-13(7-9-14)12(3)16/h6-9,11-12,16H,5,10H2,1-4H3. The van der Waals surface area contributed by atoms with Gasteiger partial charge in [-0.25, -0.2) is 0 Å². The van der Waals surface area contributed by atoms with E-state index in [1.165, 1.54) is 5.69 Å². The molecule has 1 N–H and O–H groups in total. The number of benzene rings is 1. The summed E-state index contributed by atoms with van der Waals surface area (Å²) in [5.41, 5.74) is 2.12. The molecule has 0 aliphatic heterocycles. The summed E-state index contributed by atoms with van der Waals surface area (Å²) in [7, 11) is 1.72. The van der Waals surface area contributed by atoms with Crippen molar-refractivity contribution in [2.24, 2.45) is 0 Å². The topological polar surface area (TPSA) is 32.7 Å². The summed E-state index contributed by atoms with van der Waals surface area (Å²) in [5, 5.41) is 9.47. The number of anilines is 1. The molecule has 0 radical (unpaired) electrons. The number of methoxy groups -OCH3 is 1. The molecule has 0 amide bonds. The van der Waals surface area contributed by atoms with E-state index in [9.17, 15) is 5.11 Å². The minimum Gasteiger partial charge on any atom is -0.389 e. The molecular formula is C14H23NO2. The molecule has 0 spiro atoms. The highest BCUT2D eigenvalue weighted by Gasteiger charge is 2.12. The molecule has 0 fully saturated rings. The van der Waals surface area contributed by atoms with Crippen molar-refractivity contribution in [3.63, 3.8) is 0 Å². The molecule has 1 rings (SSSR count). The number of hydrogen-bond acceptors (Lipinski definition) is 3. The van der Waals surface area contributed by atoms with Crippen molar-refractivity contribution in [2.75, 3.05) is 25.2 Å². The highest BCUT2D eigenvalue weighted by atomic mass is 16.5. The van der Waals surface area contributed by atoms with E-state index in [1.54, 1.807) is 14.0 Å². The molecule has 0 bridgehead atoms. The largest absolute Gasteiger partial charge is 0.389 e. The molecule has 2 unspecified atom stereocenters. The number of rotatable bonds is 6. The molecule has 0 heterocycles. The second kappa shape index (κ2) is 6.62. The van der Waals surface area contributed by atoms with Crippen molar-refractivity contribution in [1.82, 2.24) is 0 Å². The Bertz CT molecular complexity index is 321. The van der Waals surface area contributed by atoms with Crippen LogP contribution in [0.1, 0.15) is 32.4 Å². The maximum absolute atomic E-state index is 9.47. The van der Waals surface area contributed by atoms with E-state index in [4.69, 9.17) is 4.74 Å². The first kappa shape index (κ1) is 14.0. The fraction of sp³-hybridized carbons (Fsp3) is 0.571. The molecule has 0 saturated heterocycles. The van der Waals surface area contributed by atoms with Crippen LogP contribution >= 0.6 is 0 Å². The molecule has 0 aliphatic rings. The molecule has 1 aromatic rings. The van der Waals surface area contributed by atoms with Gasteiger partial charge in [-0.2, -0.15) is 0 Å². The van der Waals surface area contributed by atoms with E-state index in [2.05, 4.69) is 30.9 Å². The van der Waals surface area contributed by atoms with E-state index < -0.39 is 6.10 Å². The summed E-state index contributed by atoms with van der Waals surface area (Å²) in [6.07, 6.45) is -0.407. The number of hydrogen-bond donors (Lipinski definition) is 1. The smallest absolute Gasteiger partial charge is 0.0761 e. The lowest BCUT2D eigenvalue weighted by Gasteiger charge is -2.30. The Kier molecular flexibility index (Phi) is 5.45. The van der Waals surface area contributed by atoms with Crippen LogP contribution in [0.2, 0.25) is 0 Å². The zero-order valence-corrected chi connectivity index (χ0v) is 11.2. The highest BCUT2D eigenvalue weighted by molar-refractivity contribution is 5.48.